The van der Waals surface area contributed by atoms with Crippen LogP contribution in [0.3, 0.4) is 0 Å². The van der Waals surface area contributed by atoms with E-state index in [4.69, 9.17) is 0 Å². The van der Waals surface area contributed by atoms with Crippen LogP contribution in [0.15, 0.2) is 36.4 Å². The van der Waals surface area contributed by atoms with E-state index in [-0.39, 0.29) is 30.1 Å². The molecule has 0 saturated carbocycles. The Balaban J connectivity index is 1.82. The van der Waals surface area contributed by atoms with Gasteiger partial charge < -0.3 is 9.80 Å². The molecule has 156 valence electrons. The summed E-state index contributed by atoms with van der Waals surface area (Å²) in [4.78, 5) is 16.8. The molecule has 0 aromatic heterocycles. The molecule has 0 radical (unpaired) electrons. The number of hydrogen-bond acceptors (Lipinski definition) is 2. The molecule has 0 N–H and O–H groups in total. The van der Waals surface area contributed by atoms with Crippen molar-refractivity contribution in [3.05, 3.63) is 70.5 Å². The summed E-state index contributed by atoms with van der Waals surface area (Å²) in [6, 6.07) is 8.05. The molecule has 1 amide bonds. The van der Waals surface area contributed by atoms with Gasteiger partial charge in [-0.25, -0.2) is 13.2 Å². The number of carbonyl (C=O) groups excluding carboxylic acids is 1. The summed E-state index contributed by atoms with van der Waals surface area (Å²) < 4.78 is 40.6. The Kier molecular flexibility index (Phi) is 6.32. The van der Waals surface area contributed by atoms with Crippen LogP contribution < -0.4 is 0 Å². The number of aryl methyl sites for hydroxylation is 1. The highest BCUT2D eigenvalue weighted by molar-refractivity contribution is 5.77. The second-order valence-corrected chi connectivity index (χ2v) is 8.25. The minimum absolute atomic E-state index is 0.0945. The van der Waals surface area contributed by atoms with Gasteiger partial charge in [0.2, 0.25) is 5.91 Å². The average molecular weight is 404 g/mol. The Morgan fingerprint density at radius 2 is 1.66 bits per heavy atom. The fourth-order valence-electron chi connectivity index (χ4n) is 4.30. The predicted molar refractivity (Wildman–Crippen MR) is 107 cm³/mol. The molecule has 3 nitrogen and oxygen atoms in total. The van der Waals surface area contributed by atoms with Crippen molar-refractivity contribution in [3.63, 3.8) is 0 Å². The van der Waals surface area contributed by atoms with Crippen molar-refractivity contribution < 1.29 is 18.0 Å². The van der Waals surface area contributed by atoms with E-state index >= 15 is 0 Å². The Morgan fingerprint density at radius 3 is 2.24 bits per heavy atom. The van der Waals surface area contributed by atoms with Crippen molar-refractivity contribution in [3.8, 4) is 0 Å². The minimum Gasteiger partial charge on any atom is -0.341 e. The Hall–Kier alpha value is -2.34. The lowest BCUT2D eigenvalue weighted by atomic mass is 9.69. The number of likely N-dealkylation sites (tertiary alicyclic amines) is 1. The molecule has 1 aliphatic rings. The molecular formula is C23H27F3N2O. The molecule has 0 spiro atoms. The van der Waals surface area contributed by atoms with E-state index < -0.39 is 11.6 Å². The van der Waals surface area contributed by atoms with Crippen molar-refractivity contribution in [2.45, 2.75) is 38.1 Å². The van der Waals surface area contributed by atoms with Gasteiger partial charge in [0.25, 0.3) is 0 Å². The normalized spacial score (nSPS) is 16.6. The third-order valence-electron chi connectivity index (χ3n) is 5.96. The fourth-order valence-corrected chi connectivity index (χ4v) is 4.30. The lowest BCUT2D eigenvalue weighted by Crippen LogP contribution is -2.44. The van der Waals surface area contributed by atoms with E-state index in [1.165, 1.54) is 29.2 Å². The molecule has 1 saturated heterocycles. The maximum Gasteiger partial charge on any atom is 0.223 e. The SMILES string of the molecule is Cc1cc(F)ccc1C1(CC(=O)N(C)Cc2cc(F)cc(F)c2)CCN(C)CC1. The van der Waals surface area contributed by atoms with Crippen LogP contribution >= 0.6 is 0 Å². The minimum atomic E-state index is -0.658. The first kappa shape index (κ1) is 21.4. The molecule has 6 heteroatoms. The maximum atomic E-state index is 13.7. The number of nitrogens with zero attached hydrogens (tertiary/aromatic N) is 2. The predicted octanol–water partition coefficient (Wildman–Crippen LogP) is 4.42. The van der Waals surface area contributed by atoms with Gasteiger partial charge in [-0.3, -0.25) is 4.79 Å². The molecule has 0 aliphatic carbocycles. The van der Waals surface area contributed by atoms with Crippen molar-refractivity contribution in [2.75, 3.05) is 27.2 Å². The van der Waals surface area contributed by atoms with Crippen LogP contribution in [0.2, 0.25) is 0 Å². The zero-order valence-electron chi connectivity index (χ0n) is 17.1. The number of carbonyl (C=O) groups is 1. The van der Waals surface area contributed by atoms with Crippen LogP contribution in [-0.4, -0.2) is 42.9 Å². The molecule has 1 fully saturated rings. The molecule has 2 aromatic rings. The van der Waals surface area contributed by atoms with Crippen LogP contribution in [-0.2, 0) is 16.8 Å². The van der Waals surface area contributed by atoms with Gasteiger partial charge >= 0.3 is 0 Å². The van der Waals surface area contributed by atoms with Crippen molar-refractivity contribution in [1.29, 1.82) is 0 Å². The van der Waals surface area contributed by atoms with Crippen LogP contribution in [0.5, 0.6) is 0 Å². The smallest absolute Gasteiger partial charge is 0.223 e. The van der Waals surface area contributed by atoms with Gasteiger partial charge in [-0.15, -0.1) is 0 Å². The second-order valence-electron chi connectivity index (χ2n) is 8.25. The molecule has 0 atom stereocenters. The summed E-state index contributed by atoms with van der Waals surface area (Å²) in [5.41, 5.74) is 1.89. The van der Waals surface area contributed by atoms with Gasteiger partial charge in [0.05, 0.1) is 0 Å². The largest absolute Gasteiger partial charge is 0.341 e. The topological polar surface area (TPSA) is 23.6 Å². The average Bonchev–Trinajstić information content (AvgIpc) is 2.63. The van der Waals surface area contributed by atoms with E-state index in [1.54, 1.807) is 13.1 Å². The van der Waals surface area contributed by atoms with Gasteiger partial charge in [-0.05, 0) is 80.9 Å². The maximum absolute atomic E-state index is 13.7. The number of rotatable bonds is 5. The highest BCUT2D eigenvalue weighted by atomic mass is 19.1. The van der Waals surface area contributed by atoms with Crippen molar-refractivity contribution in [1.82, 2.24) is 9.80 Å². The first-order valence-electron chi connectivity index (χ1n) is 9.83. The second kappa shape index (κ2) is 8.57. The lowest BCUT2D eigenvalue weighted by Gasteiger charge is -2.42. The summed E-state index contributed by atoms with van der Waals surface area (Å²) >= 11 is 0. The van der Waals surface area contributed by atoms with E-state index in [1.807, 2.05) is 14.0 Å². The Bertz CT molecular complexity index is 871. The molecule has 3 rings (SSSR count). The highest BCUT2D eigenvalue weighted by Crippen LogP contribution is 2.40. The Morgan fingerprint density at radius 1 is 1.03 bits per heavy atom. The molecule has 0 unspecified atom stereocenters. The van der Waals surface area contributed by atoms with E-state index in [9.17, 15) is 18.0 Å². The van der Waals surface area contributed by atoms with Crippen molar-refractivity contribution in [2.24, 2.45) is 0 Å². The molecule has 1 aliphatic heterocycles. The zero-order chi connectivity index (χ0) is 21.2. The number of benzene rings is 2. The third kappa shape index (κ3) is 4.99. The van der Waals surface area contributed by atoms with Crippen LogP contribution in [0, 0.1) is 24.4 Å². The first-order chi connectivity index (χ1) is 13.7. The van der Waals surface area contributed by atoms with Crippen molar-refractivity contribution >= 4 is 5.91 Å². The van der Waals surface area contributed by atoms with Gasteiger partial charge in [-0.1, -0.05) is 6.07 Å². The molecule has 0 bridgehead atoms. The summed E-state index contributed by atoms with van der Waals surface area (Å²) in [6.45, 7) is 3.71. The van der Waals surface area contributed by atoms with E-state index in [2.05, 4.69) is 4.90 Å². The quantitative estimate of drug-likeness (QED) is 0.736. The molecule has 1 heterocycles. The summed E-state index contributed by atoms with van der Waals surface area (Å²) in [5.74, 6) is -1.70. The molecular weight excluding hydrogens is 377 g/mol. The standard InChI is InChI=1S/C23H27F3N2O/c1-16-10-18(24)4-5-21(16)23(6-8-27(2)9-7-23)14-22(29)28(3)15-17-11-19(25)13-20(26)12-17/h4-5,10-13H,6-9,14-15H2,1-3H3. The summed E-state index contributed by atoms with van der Waals surface area (Å²) in [7, 11) is 3.69. The van der Waals surface area contributed by atoms with Crippen LogP contribution in [0.1, 0.15) is 36.0 Å². The van der Waals surface area contributed by atoms with Gasteiger partial charge in [-0.2, -0.15) is 0 Å². The number of amides is 1. The Labute approximate surface area is 170 Å². The van der Waals surface area contributed by atoms with Gasteiger partial charge in [0.1, 0.15) is 17.5 Å². The number of hydrogen-bond donors (Lipinski definition) is 0. The molecule has 2 aromatic carbocycles. The lowest BCUT2D eigenvalue weighted by molar-refractivity contribution is -0.132. The van der Waals surface area contributed by atoms with Crippen LogP contribution in [0.25, 0.3) is 0 Å². The monoisotopic (exact) mass is 404 g/mol. The number of halogens is 3. The third-order valence-corrected chi connectivity index (χ3v) is 5.96. The molecule has 29 heavy (non-hydrogen) atoms. The fraction of sp³-hybridized carbons (Fsp3) is 0.435. The zero-order valence-corrected chi connectivity index (χ0v) is 17.1. The van der Waals surface area contributed by atoms with E-state index in [0.29, 0.717) is 5.56 Å². The summed E-state index contributed by atoms with van der Waals surface area (Å²) in [5, 5.41) is 0. The van der Waals surface area contributed by atoms with E-state index in [0.717, 1.165) is 43.1 Å². The first-order valence-corrected chi connectivity index (χ1v) is 9.83. The number of piperidine rings is 1. The van der Waals surface area contributed by atoms with Crippen LogP contribution in [0.4, 0.5) is 13.2 Å². The van der Waals surface area contributed by atoms with Gasteiger partial charge in [0.15, 0.2) is 0 Å². The van der Waals surface area contributed by atoms with Gasteiger partial charge in [0, 0.05) is 31.5 Å². The summed E-state index contributed by atoms with van der Waals surface area (Å²) in [6.07, 6.45) is 1.87. The highest BCUT2D eigenvalue weighted by Gasteiger charge is 2.39.